The fraction of sp³-hybridized carbons (Fsp3) is 0.689. The van der Waals surface area contributed by atoms with Crippen molar-refractivity contribution in [2.75, 3.05) is 0 Å². The van der Waals surface area contributed by atoms with E-state index in [-0.39, 0.29) is 5.41 Å². The van der Waals surface area contributed by atoms with Crippen LogP contribution in [0.15, 0.2) is 24.3 Å². The molecule has 0 saturated heterocycles. The summed E-state index contributed by atoms with van der Waals surface area (Å²) in [6.07, 6.45) is 30.0. The van der Waals surface area contributed by atoms with E-state index in [0.717, 1.165) is 17.5 Å². The van der Waals surface area contributed by atoms with Gasteiger partial charge < -0.3 is 0 Å². The van der Waals surface area contributed by atoms with Gasteiger partial charge in [0.1, 0.15) is 11.0 Å². The highest BCUT2D eigenvalue weighted by molar-refractivity contribution is 7.24. The van der Waals surface area contributed by atoms with Gasteiger partial charge in [-0.25, -0.2) is 0 Å². The Labute approximate surface area is 319 Å². The van der Waals surface area contributed by atoms with Crippen LogP contribution < -0.4 is 0 Å². The monoisotopic (exact) mass is 734 g/mol. The smallest absolute Gasteiger partial charge is 0.113 e. The highest BCUT2D eigenvalue weighted by Crippen LogP contribution is 2.46. The summed E-state index contributed by atoms with van der Waals surface area (Å²) < 4.78 is 9.68. The molecule has 2 nitrogen and oxygen atoms in total. The summed E-state index contributed by atoms with van der Waals surface area (Å²) >= 11 is 5.43. The van der Waals surface area contributed by atoms with Gasteiger partial charge in [0.05, 0.1) is 11.7 Å². The van der Waals surface area contributed by atoms with Crippen LogP contribution in [0.3, 0.4) is 0 Å². The number of unbranched alkanes of at least 4 members (excludes halogenated alkanes) is 18. The molecule has 5 heteroatoms. The number of aromatic nitrogens is 2. The first-order valence-corrected chi connectivity index (χ1v) is 23.1. The molecule has 0 amide bonds. The van der Waals surface area contributed by atoms with Gasteiger partial charge in [0.15, 0.2) is 0 Å². The number of hydrogen-bond donors (Lipinski definition) is 0. The molecule has 50 heavy (non-hydrogen) atoms. The summed E-state index contributed by atoms with van der Waals surface area (Å²) in [6.45, 7) is 16.4. The average Bonchev–Trinajstić information content (AvgIpc) is 3.85. The van der Waals surface area contributed by atoms with E-state index in [1.165, 1.54) is 178 Å². The molecule has 3 aromatic heterocycles. The van der Waals surface area contributed by atoms with Gasteiger partial charge in [0.2, 0.25) is 0 Å². The highest BCUT2D eigenvalue weighted by Gasteiger charge is 2.24. The second kappa shape index (κ2) is 21.8. The number of nitrogens with zero attached hydrogens (tertiary/aromatic N) is 2. The highest BCUT2D eigenvalue weighted by atomic mass is 32.1. The third-order valence-electron chi connectivity index (χ3n) is 10.5. The summed E-state index contributed by atoms with van der Waals surface area (Å²) in [5, 5.41) is 0. The van der Waals surface area contributed by atoms with E-state index in [1.54, 1.807) is 10.4 Å². The molecule has 3 heterocycles. The standard InChI is InChI=1S/C45H70N2S3/c1-8-10-12-14-16-18-20-22-24-26-28-35-32-39(48-43(35)38-31-30-37(34(3)4)41-42(38)47-50-46-41)40-33-36(44(49-40)45(5,6)7)29-27-25-23-21-19-17-15-13-11-9-2/h30-34H,8-29H2,1-7H3. The molecule has 278 valence electrons. The Balaban J connectivity index is 1.48. The van der Waals surface area contributed by atoms with Gasteiger partial charge in [-0.1, -0.05) is 176 Å². The van der Waals surface area contributed by atoms with Crippen LogP contribution in [0.4, 0.5) is 0 Å². The lowest BCUT2D eigenvalue weighted by molar-refractivity contribution is 0.553. The van der Waals surface area contributed by atoms with Crippen LogP contribution in [-0.2, 0) is 18.3 Å². The molecular weight excluding hydrogens is 665 g/mol. The molecule has 0 aliphatic carbocycles. The lowest BCUT2D eigenvalue weighted by Crippen LogP contribution is -2.11. The van der Waals surface area contributed by atoms with Gasteiger partial charge in [-0.15, -0.1) is 22.7 Å². The topological polar surface area (TPSA) is 25.8 Å². The number of hydrogen-bond acceptors (Lipinski definition) is 5. The zero-order chi connectivity index (χ0) is 35.8. The van der Waals surface area contributed by atoms with Crippen molar-refractivity contribution in [2.24, 2.45) is 0 Å². The zero-order valence-electron chi connectivity index (χ0n) is 33.1. The van der Waals surface area contributed by atoms with Gasteiger partial charge in [0.25, 0.3) is 0 Å². The van der Waals surface area contributed by atoms with E-state index >= 15 is 0 Å². The minimum Gasteiger partial charge on any atom is -0.173 e. The molecule has 4 aromatic rings. The van der Waals surface area contributed by atoms with Crippen LogP contribution in [0, 0.1) is 0 Å². The molecule has 0 atom stereocenters. The van der Waals surface area contributed by atoms with Crippen molar-refractivity contribution in [3.63, 3.8) is 0 Å². The van der Waals surface area contributed by atoms with E-state index in [0.29, 0.717) is 5.92 Å². The normalized spacial score (nSPS) is 12.2. The Morgan fingerprint density at radius 1 is 0.560 bits per heavy atom. The van der Waals surface area contributed by atoms with E-state index in [4.69, 9.17) is 8.75 Å². The number of fused-ring (bicyclic) bond motifs is 1. The van der Waals surface area contributed by atoms with Crippen LogP contribution >= 0.6 is 34.4 Å². The number of aryl methyl sites for hydroxylation is 2. The van der Waals surface area contributed by atoms with Gasteiger partial charge >= 0.3 is 0 Å². The van der Waals surface area contributed by atoms with Gasteiger partial charge in [-0.05, 0) is 65.8 Å². The third kappa shape index (κ3) is 12.5. The third-order valence-corrected chi connectivity index (χ3v) is 14.0. The van der Waals surface area contributed by atoms with E-state index in [1.807, 2.05) is 11.3 Å². The minimum atomic E-state index is 0.167. The lowest BCUT2D eigenvalue weighted by atomic mass is 9.90. The summed E-state index contributed by atoms with van der Waals surface area (Å²) in [4.78, 5) is 5.91. The second-order valence-electron chi connectivity index (χ2n) is 16.4. The predicted octanol–water partition coefficient (Wildman–Crippen LogP) is 16.5. The SMILES string of the molecule is CCCCCCCCCCCCc1cc(-c2cc(CCCCCCCCCCCC)c(C(C)(C)C)s2)sc1-c1ccc(C(C)C)c2nsnc12. The van der Waals surface area contributed by atoms with Gasteiger partial charge in [0, 0.05) is 25.1 Å². The molecule has 0 saturated carbocycles. The summed E-state index contributed by atoms with van der Waals surface area (Å²) in [5.74, 6) is 0.441. The molecule has 0 spiro atoms. The molecule has 0 aliphatic heterocycles. The van der Waals surface area contributed by atoms with Crippen molar-refractivity contribution < 1.29 is 0 Å². The number of benzene rings is 1. The first-order valence-electron chi connectivity index (χ1n) is 20.8. The van der Waals surface area contributed by atoms with Gasteiger partial charge in [-0.2, -0.15) is 8.75 Å². The van der Waals surface area contributed by atoms with Gasteiger partial charge in [-0.3, -0.25) is 0 Å². The largest absolute Gasteiger partial charge is 0.173 e. The predicted molar refractivity (Wildman–Crippen MR) is 228 cm³/mol. The summed E-state index contributed by atoms with van der Waals surface area (Å²) in [7, 11) is 0. The number of rotatable bonds is 25. The van der Waals surface area contributed by atoms with Crippen LogP contribution in [0.5, 0.6) is 0 Å². The Hall–Kier alpha value is -1.56. The van der Waals surface area contributed by atoms with Crippen molar-refractivity contribution in [3.05, 3.63) is 45.8 Å². The maximum atomic E-state index is 4.89. The van der Waals surface area contributed by atoms with Crippen LogP contribution in [0.2, 0.25) is 0 Å². The van der Waals surface area contributed by atoms with Crippen molar-refractivity contribution >= 4 is 45.4 Å². The molecule has 0 bridgehead atoms. The fourth-order valence-corrected chi connectivity index (χ4v) is 10.6. The summed E-state index contributed by atoms with van der Waals surface area (Å²) in [6, 6.07) is 9.79. The lowest BCUT2D eigenvalue weighted by Gasteiger charge is -2.19. The Morgan fingerprint density at radius 2 is 1.02 bits per heavy atom. The Bertz CT molecular complexity index is 1510. The van der Waals surface area contributed by atoms with Crippen LogP contribution in [-0.4, -0.2) is 8.75 Å². The first kappa shape index (κ1) is 41.2. The first-order chi connectivity index (χ1) is 24.2. The summed E-state index contributed by atoms with van der Waals surface area (Å²) in [5.41, 5.74) is 8.08. The minimum absolute atomic E-state index is 0.167. The Morgan fingerprint density at radius 3 is 1.54 bits per heavy atom. The molecule has 0 fully saturated rings. The maximum absolute atomic E-state index is 4.89. The van der Waals surface area contributed by atoms with Crippen LogP contribution in [0.1, 0.15) is 204 Å². The van der Waals surface area contributed by atoms with Crippen molar-refractivity contribution in [1.82, 2.24) is 8.75 Å². The molecule has 1 aromatic carbocycles. The molecular formula is C45H70N2S3. The van der Waals surface area contributed by atoms with Crippen molar-refractivity contribution in [2.45, 2.75) is 201 Å². The van der Waals surface area contributed by atoms with Crippen molar-refractivity contribution in [3.8, 4) is 20.2 Å². The molecule has 4 rings (SSSR count). The van der Waals surface area contributed by atoms with E-state index < -0.39 is 0 Å². The molecule has 0 N–H and O–H groups in total. The molecule has 0 radical (unpaired) electrons. The quantitative estimate of drug-likeness (QED) is 0.0634. The Kier molecular flexibility index (Phi) is 18.0. The van der Waals surface area contributed by atoms with E-state index in [2.05, 4.69) is 84.1 Å². The molecule has 0 unspecified atom stereocenters. The fourth-order valence-electron chi connectivity index (χ4n) is 7.48. The zero-order valence-corrected chi connectivity index (χ0v) is 35.5. The maximum Gasteiger partial charge on any atom is 0.113 e. The van der Waals surface area contributed by atoms with Crippen molar-refractivity contribution in [1.29, 1.82) is 0 Å². The average molecular weight is 735 g/mol. The number of thiophene rings is 2. The van der Waals surface area contributed by atoms with E-state index in [9.17, 15) is 0 Å². The van der Waals surface area contributed by atoms with Crippen LogP contribution in [0.25, 0.3) is 31.2 Å². The molecule has 0 aliphatic rings. The second-order valence-corrected chi connectivity index (χ2v) is 19.0.